The summed E-state index contributed by atoms with van der Waals surface area (Å²) in [5.74, 6) is -0.626. The van der Waals surface area contributed by atoms with Crippen LogP contribution in [0.2, 0.25) is 5.02 Å². The molecule has 5 rings (SSSR count). The van der Waals surface area contributed by atoms with E-state index in [1.165, 1.54) is 6.07 Å². The monoisotopic (exact) mass is 476 g/mol. The van der Waals surface area contributed by atoms with Gasteiger partial charge in [-0.1, -0.05) is 35.9 Å². The standard InChI is InChI=1S/C23H17ClF4N4O/c24-16-9-15-14-6-8-32(22-29-7-5-19(31-22)23(26,27)28)21(13-3-1-12(11-33)2-4-13)20(14)30-18(15)10-17(16)25/h1-5,7,9-10,21,30,33H,6,8,11H2. The van der Waals surface area contributed by atoms with E-state index in [4.69, 9.17) is 11.6 Å². The van der Waals surface area contributed by atoms with Crippen LogP contribution in [-0.4, -0.2) is 26.6 Å². The lowest BCUT2D eigenvalue weighted by Crippen LogP contribution is -2.37. The van der Waals surface area contributed by atoms with E-state index >= 15 is 0 Å². The van der Waals surface area contributed by atoms with Crippen LogP contribution < -0.4 is 4.90 Å². The van der Waals surface area contributed by atoms with Crippen LogP contribution in [0.15, 0.2) is 48.7 Å². The Morgan fingerprint density at radius 1 is 1.15 bits per heavy atom. The van der Waals surface area contributed by atoms with Gasteiger partial charge in [-0.05, 0) is 41.3 Å². The number of nitrogens with one attached hydrogen (secondary N) is 1. The Morgan fingerprint density at radius 2 is 1.91 bits per heavy atom. The van der Waals surface area contributed by atoms with Crippen LogP contribution in [0.3, 0.4) is 0 Å². The molecule has 4 aromatic rings. The maximum atomic E-state index is 14.1. The highest BCUT2D eigenvalue weighted by molar-refractivity contribution is 6.31. The molecule has 33 heavy (non-hydrogen) atoms. The summed E-state index contributed by atoms with van der Waals surface area (Å²) in [5.41, 5.74) is 2.58. The van der Waals surface area contributed by atoms with Crippen molar-refractivity contribution in [1.29, 1.82) is 0 Å². The quantitative estimate of drug-likeness (QED) is 0.388. The number of aromatic amines is 1. The number of aliphatic hydroxyl groups is 1. The third kappa shape index (κ3) is 3.81. The predicted octanol–water partition coefficient (Wildman–Crippen LogP) is 5.41. The fourth-order valence-electron chi connectivity index (χ4n) is 4.30. The molecule has 0 fully saturated rings. The first-order chi connectivity index (χ1) is 15.8. The third-order valence-corrected chi connectivity index (χ3v) is 6.13. The Labute approximate surface area is 190 Å². The predicted molar refractivity (Wildman–Crippen MR) is 116 cm³/mol. The number of halogens is 5. The summed E-state index contributed by atoms with van der Waals surface area (Å²) in [5, 5.41) is 10.1. The van der Waals surface area contributed by atoms with Crippen molar-refractivity contribution in [2.24, 2.45) is 0 Å². The van der Waals surface area contributed by atoms with Gasteiger partial charge < -0.3 is 15.0 Å². The van der Waals surface area contributed by atoms with E-state index in [1.807, 2.05) is 0 Å². The lowest BCUT2D eigenvalue weighted by Gasteiger charge is -2.36. The highest BCUT2D eigenvalue weighted by Crippen LogP contribution is 2.41. The number of hydrogen-bond donors (Lipinski definition) is 2. The minimum Gasteiger partial charge on any atom is -0.392 e. The van der Waals surface area contributed by atoms with Crippen LogP contribution in [-0.2, 0) is 19.2 Å². The molecular weight excluding hydrogens is 460 g/mol. The van der Waals surface area contributed by atoms with Crippen molar-refractivity contribution < 1.29 is 22.7 Å². The number of nitrogens with zero attached hydrogens (tertiary/aromatic N) is 3. The highest BCUT2D eigenvalue weighted by Gasteiger charge is 2.36. The first kappa shape index (κ1) is 21.7. The number of benzene rings is 2. The molecule has 0 saturated carbocycles. The summed E-state index contributed by atoms with van der Waals surface area (Å²) in [6.07, 6.45) is -3.04. The van der Waals surface area contributed by atoms with Crippen LogP contribution >= 0.6 is 11.6 Å². The molecule has 2 N–H and O–H groups in total. The summed E-state index contributed by atoms with van der Waals surface area (Å²) < 4.78 is 54.0. The molecule has 2 aromatic heterocycles. The van der Waals surface area contributed by atoms with Crippen molar-refractivity contribution in [3.63, 3.8) is 0 Å². The number of alkyl halides is 3. The van der Waals surface area contributed by atoms with Gasteiger partial charge in [0.25, 0.3) is 0 Å². The van der Waals surface area contributed by atoms with E-state index in [-0.39, 0.29) is 17.6 Å². The Bertz CT molecular complexity index is 1340. The summed E-state index contributed by atoms with van der Waals surface area (Å²) >= 11 is 6.01. The molecule has 2 aromatic carbocycles. The van der Waals surface area contributed by atoms with Crippen LogP contribution in [0.1, 0.15) is 34.1 Å². The van der Waals surface area contributed by atoms with Crippen molar-refractivity contribution in [2.45, 2.75) is 25.2 Å². The molecule has 0 amide bonds. The van der Waals surface area contributed by atoms with Gasteiger partial charge in [-0.25, -0.2) is 14.4 Å². The van der Waals surface area contributed by atoms with Gasteiger partial charge in [0, 0.05) is 29.3 Å². The lowest BCUT2D eigenvalue weighted by molar-refractivity contribution is -0.141. The van der Waals surface area contributed by atoms with Gasteiger partial charge >= 0.3 is 6.18 Å². The highest BCUT2D eigenvalue weighted by atomic mass is 35.5. The molecule has 1 aliphatic rings. The fraction of sp³-hybridized carbons (Fsp3) is 0.217. The van der Waals surface area contributed by atoms with Crippen LogP contribution in [0.25, 0.3) is 10.9 Å². The number of aromatic nitrogens is 3. The maximum Gasteiger partial charge on any atom is 0.433 e. The number of anilines is 1. The van der Waals surface area contributed by atoms with E-state index < -0.39 is 23.7 Å². The van der Waals surface area contributed by atoms with E-state index in [0.717, 1.165) is 28.8 Å². The molecular formula is C23H17ClF4N4O. The van der Waals surface area contributed by atoms with Crippen LogP contribution in [0.5, 0.6) is 0 Å². The van der Waals surface area contributed by atoms with Crippen molar-refractivity contribution in [2.75, 3.05) is 11.4 Å². The number of fused-ring (bicyclic) bond motifs is 3. The Hall–Kier alpha value is -3.17. The van der Waals surface area contributed by atoms with Crippen molar-refractivity contribution >= 4 is 28.5 Å². The van der Waals surface area contributed by atoms with Crippen LogP contribution in [0.4, 0.5) is 23.5 Å². The molecule has 0 radical (unpaired) electrons. The normalized spacial score (nSPS) is 16.3. The molecule has 10 heteroatoms. The molecule has 1 unspecified atom stereocenters. The largest absolute Gasteiger partial charge is 0.433 e. The molecule has 3 heterocycles. The van der Waals surface area contributed by atoms with E-state index in [2.05, 4.69) is 15.0 Å². The third-order valence-electron chi connectivity index (χ3n) is 5.84. The summed E-state index contributed by atoms with van der Waals surface area (Å²) in [7, 11) is 0. The molecule has 0 spiro atoms. The van der Waals surface area contributed by atoms with Gasteiger partial charge in [0.1, 0.15) is 11.5 Å². The maximum absolute atomic E-state index is 14.1. The lowest BCUT2D eigenvalue weighted by atomic mass is 9.92. The second-order valence-corrected chi connectivity index (χ2v) is 8.22. The van der Waals surface area contributed by atoms with E-state index in [1.54, 1.807) is 35.2 Å². The molecule has 170 valence electrons. The second kappa shape index (κ2) is 8.00. The SMILES string of the molecule is OCc1ccc(C2c3[nH]c4cc(F)c(Cl)cc4c3CCN2c2nccc(C(F)(F)F)n2)cc1. The molecule has 1 aliphatic heterocycles. The van der Waals surface area contributed by atoms with Crippen molar-refractivity contribution in [3.8, 4) is 0 Å². The van der Waals surface area contributed by atoms with E-state index in [0.29, 0.717) is 29.7 Å². The topological polar surface area (TPSA) is 65.0 Å². The van der Waals surface area contributed by atoms with Crippen LogP contribution in [0, 0.1) is 5.82 Å². The van der Waals surface area contributed by atoms with Gasteiger partial charge in [0.15, 0.2) is 0 Å². The molecule has 0 aliphatic carbocycles. The number of hydrogen-bond acceptors (Lipinski definition) is 4. The molecule has 0 bridgehead atoms. The molecule has 0 saturated heterocycles. The molecule has 1 atom stereocenters. The first-order valence-electron chi connectivity index (χ1n) is 10.1. The van der Waals surface area contributed by atoms with Crippen molar-refractivity contribution in [1.82, 2.24) is 15.0 Å². The fourth-order valence-corrected chi connectivity index (χ4v) is 4.46. The van der Waals surface area contributed by atoms with E-state index in [9.17, 15) is 22.7 Å². The zero-order chi connectivity index (χ0) is 23.3. The van der Waals surface area contributed by atoms with Crippen molar-refractivity contribution in [3.05, 3.63) is 87.6 Å². The number of rotatable bonds is 3. The minimum absolute atomic E-state index is 0.00297. The minimum atomic E-state index is -4.60. The Kier molecular flexibility index (Phi) is 5.25. The smallest absolute Gasteiger partial charge is 0.392 e. The van der Waals surface area contributed by atoms with Gasteiger partial charge in [0.2, 0.25) is 5.95 Å². The summed E-state index contributed by atoms with van der Waals surface area (Å²) in [4.78, 5) is 12.8. The second-order valence-electron chi connectivity index (χ2n) is 7.81. The van der Waals surface area contributed by atoms with Gasteiger partial charge in [-0.3, -0.25) is 0 Å². The first-order valence-corrected chi connectivity index (χ1v) is 10.5. The van der Waals surface area contributed by atoms with Gasteiger partial charge in [-0.15, -0.1) is 0 Å². The average Bonchev–Trinajstić information content (AvgIpc) is 3.15. The van der Waals surface area contributed by atoms with Gasteiger partial charge in [0.05, 0.1) is 17.7 Å². The number of aliphatic hydroxyl groups excluding tert-OH is 1. The molecule has 5 nitrogen and oxygen atoms in total. The zero-order valence-corrected chi connectivity index (χ0v) is 17.8. The Morgan fingerprint density at radius 3 is 2.61 bits per heavy atom. The zero-order valence-electron chi connectivity index (χ0n) is 17.0. The average molecular weight is 477 g/mol. The summed E-state index contributed by atoms with van der Waals surface area (Å²) in [6, 6.07) is 10.2. The summed E-state index contributed by atoms with van der Waals surface area (Å²) in [6.45, 7) is 0.198. The Balaban J connectivity index is 1.69. The van der Waals surface area contributed by atoms with Gasteiger partial charge in [-0.2, -0.15) is 13.2 Å². The number of H-pyrrole nitrogens is 1.